The Morgan fingerprint density at radius 2 is 2.19 bits per heavy atom. The fraction of sp³-hybridized carbons (Fsp3) is 0.600. The zero-order chi connectivity index (χ0) is 12.0. The summed E-state index contributed by atoms with van der Waals surface area (Å²) in [5.41, 5.74) is 5.74. The molecule has 0 spiro atoms. The molecule has 1 aromatic rings. The molecule has 0 aromatic carbocycles. The van der Waals surface area contributed by atoms with E-state index in [9.17, 15) is 0 Å². The molecular formula is C10H16Br2N2OS. The highest BCUT2D eigenvalue weighted by molar-refractivity contribution is 9.13. The number of aliphatic hydroxyl groups excluding tert-OH is 1. The first-order valence-corrected chi connectivity index (χ1v) is 7.58. The Kier molecular flexibility index (Phi) is 7.11. The lowest BCUT2D eigenvalue weighted by atomic mass is 10.2. The summed E-state index contributed by atoms with van der Waals surface area (Å²) in [5.74, 6) is 0. The average Bonchev–Trinajstić information content (AvgIpc) is 2.59. The molecule has 1 rings (SSSR count). The Labute approximate surface area is 117 Å². The third-order valence-electron chi connectivity index (χ3n) is 2.22. The van der Waals surface area contributed by atoms with E-state index in [0.717, 1.165) is 27.6 Å². The normalized spacial score (nSPS) is 13.0. The van der Waals surface area contributed by atoms with Crippen LogP contribution in [-0.4, -0.2) is 24.8 Å². The standard InChI is InChI=1S/C10H16Br2N2OS/c11-7-5-9(16-10(7)12)8(6-13)14-3-1-2-4-15/h5,8,14-15H,1-4,6,13H2. The van der Waals surface area contributed by atoms with Crippen molar-refractivity contribution in [3.8, 4) is 0 Å². The van der Waals surface area contributed by atoms with E-state index in [0.29, 0.717) is 6.54 Å². The highest BCUT2D eigenvalue weighted by Gasteiger charge is 2.13. The van der Waals surface area contributed by atoms with E-state index in [1.807, 2.05) is 0 Å². The van der Waals surface area contributed by atoms with Crippen LogP contribution in [0.5, 0.6) is 0 Å². The third kappa shape index (κ3) is 4.43. The van der Waals surface area contributed by atoms with Gasteiger partial charge in [0.2, 0.25) is 0 Å². The number of hydrogen-bond acceptors (Lipinski definition) is 4. The molecule has 0 aliphatic carbocycles. The smallest absolute Gasteiger partial charge is 0.0843 e. The van der Waals surface area contributed by atoms with Crippen LogP contribution in [0.3, 0.4) is 0 Å². The molecule has 0 bridgehead atoms. The number of thiophene rings is 1. The van der Waals surface area contributed by atoms with Crippen LogP contribution in [0.4, 0.5) is 0 Å². The molecule has 0 amide bonds. The van der Waals surface area contributed by atoms with Gasteiger partial charge >= 0.3 is 0 Å². The summed E-state index contributed by atoms with van der Waals surface area (Å²) in [7, 11) is 0. The van der Waals surface area contributed by atoms with E-state index < -0.39 is 0 Å². The molecule has 1 unspecified atom stereocenters. The van der Waals surface area contributed by atoms with Gasteiger partial charge in [0.05, 0.1) is 9.83 Å². The van der Waals surface area contributed by atoms with Crippen LogP contribution >= 0.6 is 43.2 Å². The van der Waals surface area contributed by atoms with Crippen LogP contribution in [0.1, 0.15) is 23.8 Å². The van der Waals surface area contributed by atoms with Gasteiger partial charge in [-0.1, -0.05) is 0 Å². The van der Waals surface area contributed by atoms with Crippen molar-refractivity contribution in [2.45, 2.75) is 18.9 Å². The van der Waals surface area contributed by atoms with Gasteiger partial charge in [-0.3, -0.25) is 0 Å². The predicted octanol–water partition coefficient (Wildman–Crippen LogP) is 2.64. The van der Waals surface area contributed by atoms with E-state index in [1.165, 1.54) is 4.88 Å². The van der Waals surface area contributed by atoms with Gasteiger partial charge in [0.15, 0.2) is 0 Å². The molecule has 16 heavy (non-hydrogen) atoms. The Morgan fingerprint density at radius 1 is 1.44 bits per heavy atom. The minimum Gasteiger partial charge on any atom is -0.396 e. The molecule has 0 aliphatic heterocycles. The molecule has 0 radical (unpaired) electrons. The number of unbranched alkanes of at least 4 members (excludes halogenated alkanes) is 1. The summed E-state index contributed by atoms with van der Waals surface area (Å²) < 4.78 is 2.17. The van der Waals surface area contributed by atoms with Crippen LogP contribution in [0.2, 0.25) is 0 Å². The van der Waals surface area contributed by atoms with Crippen molar-refractivity contribution < 1.29 is 5.11 Å². The summed E-state index contributed by atoms with van der Waals surface area (Å²) >= 11 is 8.63. The average molecular weight is 372 g/mol. The second kappa shape index (κ2) is 7.79. The molecule has 0 aliphatic rings. The first-order chi connectivity index (χ1) is 7.69. The lowest BCUT2D eigenvalue weighted by Crippen LogP contribution is -2.28. The topological polar surface area (TPSA) is 58.3 Å². The van der Waals surface area contributed by atoms with E-state index in [4.69, 9.17) is 10.8 Å². The highest BCUT2D eigenvalue weighted by Crippen LogP contribution is 2.35. The lowest BCUT2D eigenvalue weighted by molar-refractivity contribution is 0.282. The van der Waals surface area contributed by atoms with E-state index in [2.05, 4.69) is 43.2 Å². The van der Waals surface area contributed by atoms with Gasteiger partial charge in [-0.25, -0.2) is 0 Å². The summed E-state index contributed by atoms with van der Waals surface area (Å²) in [6, 6.07) is 2.29. The number of aliphatic hydroxyl groups is 1. The van der Waals surface area contributed by atoms with Gasteiger partial charge in [-0.2, -0.15) is 0 Å². The second-order valence-corrected chi connectivity index (χ2v) is 6.70. The maximum Gasteiger partial charge on any atom is 0.0843 e. The molecule has 4 N–H and O–H groups in total. The molecule has 92 valence electrons. The lowest BCUT2D eigenvalue weighted by Gasteiger charge is -2.14. The maximum atomic E-state index is 8.68. The summed E-state index contributed by atoms with van der Waals surface area (Å²) in [5, 5.41) is 12.1. The van der Waals surface area contributed by atoms with Gasteiger partial charge < -0.3 is 16.2 Å². The molecular weight excluding hydrogens is 356 g/mol. The van der Waals surface area contributed by atoms with Crippen LogP contribution in [0.25, 0.3) is 0 Å². The maximum absolute atomic E-state index is 8.68. The number of halogens is 2. The van der Waals surface area contributed by atoms with Crippen LogP contribution in [0.15, 0.2) is 14.3 Å². The highest BCUT2D eigenvalue weighted by atomic mass is 79.9. The number of hydrogen-bond donors (Lipinski definition) is 3. The van der Waals surface area contributed by atoms with E-state index >= 15 is 0 Å². The number of nitrogens with one attached hydrogen (secondary N) is 1. The van der Waals surface area contributed by atoms with Crippen molar-refractivity contribution in [1.82, 2.24) is 5.32 Å². The zero-order valence-corrected chi connectivity index (χ0v) is 12.9. The predicted molar refractivity (Wildman–Crippen MR) is 75.8 cm³/mol. The minimum atomic E-state index is 0.200. The Morgan fingerprint density at radius 3 is 2.69 bits per heavy atom. The summed E-state index contributed by atoms with van der Waals surface area (Å²) in [6.45, 7) is 1.72. The molecule has 1 atom stereocenters. The van der Waals surface area contributed by atoms with Gasteiger partial charge in [0.1, 0.15) is 0 Å². The molecule has 3 nitrogen and oxygen atoms in total. The fourth-order valence-electron chi connectivity index (χ4n) is 1.35. The van der Waals surface area contributed by atoms with Crippen LogP contribution in [-0.2, 0) is 0 Å². The zero-order valence-electron chi connectivity index (χ0n) is 8.88. The Balaban J connectivity index is 2.47. The molecule has 1 heterocycles. The largest absolute Gasteiger partial charge is 0.396 e. The SMILES string of the molecule is NCC(NCCCCO)c1cc(Br)c(Br)s1. The second-order valence-electron chi connectivity index (χ2n) is 3.44. The minimum absolute atomic E-state index is 0.200. The first kappa shape index (κ1) is 14.6. The Hall–Kier alpha value is 0.540. The summed E-state index contributed by atoms with van der Waals surface area (Å²) in [6.07, 6.45) is 1.81. The van der Waals surface area contributed by atoms with Crippen molar-refractivity contribution in [3.63, 3.8) is 0 Å². The van der Waals surface area contributed by atoms with Gasteiger partial charge in [-0.05, 0) is 57.3 Å². The molecule has 0 saturated heterocycles. The Bertz CT molecular complexity index is 300. The first-order valence-electron chi connectivity index (χ1n) is 5.18. The van der Waals surface area contributed by atoms with E-state index in [1.54, 1.807) is 11.3 Å². The number of nitrogens with two attached hydrogens (primary N) is 1. The van der Waals surface area contributed by atoms with Gasteiger partial charge in [0.25, 0.3) is 0 Å². The molecule has 0 saturated carbocycles. The van der Waals surface area contributed by atoms with Crippen LogP contribution < -0.4 is 11.1 Å². The number of rotatable bonds is 7. The summed E-state index contributed by atoms with van der Waals surface area (Å²) in [4.78, 5) is 1.23. The molecule has 0 fully saturated rings. The third-order valence-corrected chi connectivity index (χ3v) is 5.59. The van der Waals surface area contributed by atoms with Crippen molar-refractivity contribution in [2.75, 3.05) is 19.7 Å². The van der Waals surface area contributed by atoms with Crippen molar-refractivity contribution in [3.05, 3.63) is 19.2 Å². The van der Waals surface area contributed by atoms with Crippen molar-refractivity contribution in [2.24, 2.45) is 5.73 Å². The molecule has 1 aromatic heterocycles. The van der Waals surface area contributed by atoms with Gasteiger partial charge in [-0.15, -0.1) is 11.3 Å². The van der Waals surface area contributed by atoms with Gasteiger partial charge in [0, 0.05) is 22.5 Å². The van der Waals surface area contributed by atoms with Crippen molar-refractivity contribution >= 4 is 43.2 Å². The van der Waals surface area contributed by atoms with Crippen molar-refractivity contribution in [1.29, 1.82) is 0 Å². The van der Waals surface area contributed by atoms with Crippen LogP contribution in [0, 0.1) is 0 Å². The van der Waals surface area contributed by atoms with E-state index in [-0.39, 0.29) is 12.6 Å². The molecule has 6 heteroatoms. The quantitative estimate of drug-likeness (QED) is 0.645. The monoisotopic (exact) mass is 370 g/mol. The fourth-order valence-corrected chi connectivity index (χ4v) is 3.53.